The summed E-state index contributed by atoms with van der Waals surface area (Å²) in [6.07, 6.45) is 4.56. The second-order valence-corrected chi connectivity index (χ2v) is 6.91. The Morgan fingerprint density at radius 3 is 2.69 bits per heavy atom. The van der Waals surface area contributed by atoms with Crippen LogP contribution in [0.3, 0.4) is 0 Å². The predicted molar refractivity (Wildman–Crippen MR) is 65.0 cm³/mol. The molecule has 0 heterocycles. The second-order valence-electron chi connectivity index (χ2n) is 6.91. The molecule has 0 N–H and O–H groups in total. The Morgan fingerprint density at radius 1 is 1.31 bits per heavy atom. The lowest BCUT2D eigenvalue weighted by atomic mass is 9.68. The zero-order valence-corrected chi connectivity index (χ0v) is 10.9. The summed E-state index contributed by atoms with van der Waals surface area (Å²) in [5, 5.41) is 0. The standard InChI is InChI=1S/C15H22O/c1-9-5-6-15-10(2)12(16)7-13(15)14(3,4)8-11(9)15/h10,13H,5-8H2,1-4H3/t10-,13+,15-/m1/s1. The molecule has 1 heteroatoms. The molecule has 16 heavy (non-hydrogen) atoms. The van der Waals surface area contributed by atoms with Gasteiger partial charge < -0.3 is 0 Å². The minimum Gasteiger partial charge on any atom is -0.299 e. The summed E-state index contributed by atoms with van der Waals surface area (Å²) in [5.41, 5.74) is 3.89. The van der Waals surface area contributed by atoms with Gasteiger partial charge in [-0.15, -0.1) is 0 Å². The molecule has 3 aliphatic rings. The molecule has 0 unspecified atom stereocenters. The van der Waals surface area contributed by atoms with Crippen LogP contribution >= 0.6 is 0 Å². The first-order valence-electron chi connectivity index (χ1n) is 6.61. The highest BCUT2D eigenvalue weighted by atomic mass is 16.1. The molecule has 0 aromatic rings. The highest BCUT2D eigenvalue weighted by Gasteiger charge is 2.64. The number of ketones is 1. The van der Waals surface area contributed by atoms with Crippen LogP contribution in [0.2, 0.25) is 0 Å². The maximum absolute atomic E-state index is 12.1. The number of hydrogen-bond donors (Lipinski definition) is 0. The quantitative estimate of drug-likeness (QED) is 0.566. The largest absolute Gasteiger partial charge is 0.299 e. The van der Waals surface area contributed by atoms with Crippen molar-refractivity contribution in [2.45, 2.75) is 53.4 Å². The summed E-state index contributed by atoms with van der Waals surface area (Å²) < 4.78 is 0. The van der Waals surface area contributed by atoms with Gasteiger partial charge in [-0.05, 0) is 37.5 Å². The predicted octanol–water partition coefficient (Wildman–Crippen LogP) is 3.74. The third-order valence-electron chi connectivity index (χ3n) is 5.85. The number of hydrogen-bond acceptors (Lipinski definition) is 1. The Bertz CT molecular complexity index is 402. The van der Waals surface area contributed by atoms with Crippen molar-refractivity contribution in [2.75, 3.05) is 0 Å². The van der Waals surface area contributed by atoms with Gasteiger partial charge in [-0.25, -0.2) is 0 Å². The lowest BCUT2D eigenvalue weighted by Crippen LogP contribution is -2.30. The molecule has 3 atom stereocenters. The highest BCUT2D eigenvalue weighted by molar-refractivity contribution is 5.86. The molecule has 1 spiro atoms. The first-order chi connectivity index (χ1) is 7.39. The van der Waals surface area contributed by atoms with E-state index in [0.717, 1.165) is 6.42 Å². The maximum Gasteiger partial charge on any atom is 0.136 e. The van der Waals surface area contributed by atoms with Crippen LogP contribution in [-0.4, -0.2) is 5.78 Å². The van der Waals surface area contributed by atoms with E-state index in [9.17, 15) is 4.79 Å². The maximum atomic E-state index is 12.1. The van der Waals surface area contributed by atoms with Gasteiger partial charge in [-0.2, -0.15) is 0 Å². The lowest BCUT2D eigenvalue weighted by molar-refractivity contribution is -0.121. The van der Waals surface area contributed by atoms with Gasteiger partial charge >= 0.3 is 0 Å². The Morgan fingerprint density at radius 2 is 2.00 bits per heavy atom. The smallest absolute Gasteiger partial charge is 0.136 e. The molecule has 0 aliphatic heterocycles. The highest BCUT2D eigenvalue weighted by Crippen LogP contribution is 2.70. The van der Waals surface area contributed by atoms with Crippen molar-refractivity contribution in [1.29, 1.82) is 0 Å². The van der Waals surface area contributed by atoms with Crippen LogP contribution in [0.1, 0.15) is 53.4 Å². The van der Waals surface area contributed by atoms with Crippen LogP contribution in [0.25, 0.3) is 0 Å². The van der Waals surface area contributed by atoms with Crippen LogP contribution in [0.15, 0.2) is 11.1 Å². The number of rotatable bonds is 0. The van der Waals surface area contributed by atoms with Crippen molar-refractivity contribution in [3.05, 3.63) is 11.1 Å². The molecule has 0 amide bonds. The monoisotopic (exact) mass is 218 g/mol. The fraction of sp³-hybridized carbons (Fsp3) is 0.800. The fourth-order valence-corrected chi connectivity index (χ4v) is 4.97. The van der Waals surface area contributed by atoms with E-state index in [1.165, 1.54) is 19.3 Å². The van der Waals surface area contributed by atoms with Crippen LogP contribution in [0, 0.1) is 22.7 Å². The first-order valence-corrected chi connectivity index (χ1v) is 6.61. The van der Waals surface area contributed by atoms with Crippen LogP contribution in [0.4, 0.5) is 0 Å². The topological polar surface area (TPSA) is 17.1 Å². The lowest BCUT2D eigenvalue weighted by Gasteiger charge is -2.35. The molecular weight excluding hydrogens is 196 g/mol. The van der Waals surface area contributed by atoms with Crippen molar-refractivity contribution in [1.82, 2.24) is 0 Å². The van der Waals surface area contributed by atoms with Crippen LogP contribution < -0.4 is 0 Å². The minimum absolute atomic E-state index is 0.282. The minimum atomic E-state index is 0.282. The van der Waals surface area contributed by atoms with E-state index in [0.29, 0.717) is 17.1 Å². The second kappa shape index (κ2) is 2.80. The molecule has 0 bridgehead atoms. The molecule has 2 saturated carbocycles. The van der Waals surface area contributed by atoms with E-state index >= 15 is 0 Å². The van der Waals surface area contributed by atoms with Gasteiger partial charge in [-0.3, -0.25) is 4.79 Å². The summed E-state index contributed by atoms with van der Waals surface area (Å²) in [7, 11) is 0. The molecule has 2 fully saturated rings. The molecular formula is C15H22O. The van der Waals surface area contributed by atoms with Crippen molar-refractivity contribution in [3.63, 3.8) is 0 Å². The molecule has 0 radical (unpaired) electrons. The number of Topliss-reactive ketones (excluding diaryl/α,β-unsaturated/α-hetero) is 1. The molecule has 88 valence electrons. The van der Waals surface area contributed by atoms with Gasteiger partial charge in [0.25, 0.3) is 0 Å². The van der Waals surface area contributed by atoms with E-state index in [1.807, 2.05) is 0 Å². The summed E-state index contributed by atoms with van der Waals surface area (Å²) in [4.78, 5) is 12.1. The summed E-state index contributed by atoms with van der Waals surface area (Å²) in [5.74, 6) is 1.42. The number of carbonyl (C=O) groups is 1. The molecule has 0 saturated heterocycles. The van der Waals surface area contributed by atoms with Crippen LogP contribution in [0.5, 0.6) is 0 Å². The SMILES string of the molecule is CC1=C2CC(C)(C)[C@@H]3CC(=O)[C@@H](C)[C@]23CC1. The van der Waals surface area contributed by atoms with Crippen molar-refractivity contribution in [3.8, 4) is 0 Å². The summed E-state index contributed by atoms with van der Waals surface area (Å²) in [6, 6.07) is 0. The Balaban J connectivity index is 2.19. The average molecular weight is 218 g/mol. The normalized spacial score (nSPS) is 45.1. The first kappa shape index (κ1) is 10.6. The fourth-order valence-electron chi connectivity index (χ4n) is 4.97. The van der Waals surface area contributed by atoms with Crippen molar-refractivity contribution in [2.24, 2.45) is 22.7 Å². The Kier molecular flexibility index (Phi) is 1.85. The van der Waals surface area contributed by atoms with Crippen molar-refractivity contribution < 1.29 is 4.79 Å². The number of allylic oxidation sites excluding steroid dienone is 2. The molecule has 1 nitrogen and oxygen atoms in total. The molecule has 0 aromatic heterocycles. The van der Waals surface area contributed by atoms with E-state index in [1.54, 1.807) is 11.1 Å². The Hall–Kier alpha value is -0.590. The van der Waals surface area contributed by atoms with Crippen molar-refractivity contribution >= 4 is 5.78 Å². The Labute approximate surface area is 98.3 Å². The van der Waals surface area contributed by atoms with Gasteiger partial charge in [0.1, 0.15) is 5.78 Å². The van der Waals surface area contributed by atoms with Crippen LogP contribution in [-0.2, 0) is 4.79 Å². The van der Waals surface area contributed by atoms with Gasteiger partial charge in [0.2, 0.25) is 0 Å². The zero-order valence-electron chi connectivity index (χ0n) is 10.9. The summed E-state index contributed by atoms with van der Waals surface area (Å²) in [6.45, 7) is 9.20. The molecule has 3 rings (SSSR count). The molecule has 0 aromatic carbocycles. The van der Waals surface area contributed by atoms with Gasteiger partial charge in [0, 0.05) is 17.8 Å². The number of carbonyl (C=O) groups excluding carboxylic acids is 1. The van der Waals surface area contributed by atoms with E-state index in [-0.39, 0.29) is 11.3 Å². The average Bonchev–Trinajstić information content (AvgIpc) is 2.72. The van der Waals surface area contributed by atoms with E-state index in [4.69, 9.17) is 0 Å². The molecule has 3 aliphatic carbocycles. The third-order valence-corrected chi connectivity index (χ3v) is 5.85. The van der Waals surface area contributed by atoms with E-state index in [2.05, 4.69) is 27.7 Å². The van der Waals surface area contributed by atoms with Gasteiger partial charge in [0.05, 0.1) is 0 Å². The van der Waals surface area contributed by atoms with Gasteiger partial charge in [0.15, 0.2) is 0 Å². The summed E-state index contributed by atoms with van der Waals surface area (Å²) >= 11 is 0. The third kappa shape index (κ3) is 0.959. The van der Waals surface area contributed by atoms with E-state index < -0.39 is 0 Å². The zero-order chi connectivity index (χ0) is 11.7. The van der Waals surface area contributed by atoms with Gasteiger partial charge in [-0.1, -0.05) is 31.9 Å².